The van der Waals surface area contributed by atoms with Crippen LogP contribution < -0.4 is 5.73 Å². The van der Waals surface area contributed by atoms with Crippen molar-refractivity contribution in [3.05, 3.63) is 11.7 Å². The Labute approximate surface area is 121 Å². The summed E-state index contributed by atoms with van der Waals surface area (Å²) >= 11 is 0. The summed E-state index contributed by atoms with van der Waals surface area (Å²) in [4.78, 5) is 4.53. The number of hydrogen-bond acceptors (Lipinski definition) is 5. The lowest BCUT2D eigenvalue weighted by molar-refractivity contribution is -0.0609. The molecule has 1 aliphatic rings. The van der Waals surface area contributed by atoms with E-state index in [1.807, 2.05) is 0 Å². The Bertz CT molecular complexity index is 423. The van der Waals surface area contributed by atoms with E-state index in [1.165, 1.54) is 0 Å². The SMILES string of the molecule is COC1(c2noc([C@@H](N)CC(C)C)n2)CCC(C)CC1. The number of ether oxygens (including phenoxy) is 1. The minimum Gasteiger partial charge on any atom is -0.370 e. The first-order valence-corrected chi connectivity index (χ1v) is 7.61. The highest BCUT2D eigenvalue weighted by molar-refractivity contribution is 5.05. The van der Waals surface area contributed by atoms with Crippen molar-refractivity contribution in [1.29, 1.82) is 0 Å². The van der Waals surface area contributed by atoms with Crippen molar-refractivity contribution in [2.24, 2.45) is 17.6 Å². The molecule has 1 atom stereocenters. The third kappa shape index (κ3) is 3.20. The van der Waals surface area contributed by atoms with E-state index in [1.54, 1.807) is 7.11 Å². The third-order valence-electron chi connectivity index (χ3n) is 4.36. The first-order chi connectivity index (χ1) is 9.47. The Morgan fingerprint density at radius 2 is 2.05 bits per heavy atom. The molecule has 0 amide bonds. The average molecular weight is 281 g/mol. The van der Waals surface area contributed by atoms with E-state index in [4.69, 9.17) is 15.0 Å². The smallest absolute Gasteiger partial charge is 0.243 e. The van der Waals surface area contributed by atoms with Crippen molar-refractivity contribution in [3.8, 4) is 0 Å². The van der Waals surface area contributed by atoms with Crippen molar-refractivity contribution in [2.45, 2.75) is 64.5 Å². The summed E-state index contributed by atoms with van der Waals surface area (Å²) in [7, 11) is 1.74. The number of nitrogens with two attached hydrogens (primary N) is 1. The molecule has 0 aliphatic heterocycles. The van der Waals surface area contributed by atoms with Crippen LogP contribution in [0.5, 0.6) is 0 Å². The third-order valence-corrected chi connectivity index (χ3v) is 4.36. The number of hydrogen-bond donors (Lipinski definition) is 1. The van der Waals surface area contributed by atoms with Crippen LogP contribution in [0.1, 0.15) is 70.6 Å². The van der Waals surface area contributed by atoms with E-state index < -0.39 is 0 Å². The van der Waals surface area contributed by atoms with Gasteiger partial charge in [-0.15, -0.1) is 0 Å². The lowest BCUT2D eigenvalue weighted by Gasteiger charge is -2.35. The molecule has 1 heterocycles. The summed E-state index contributed by atoms with van der Waals surface area (Å²) in [5.41, 5.74) is 5.73. The molecule has 0 radical (unpaired) electrons. The minimum atomic E-state index is -0.383. The van der Waals surface area contributed by atoms with Crippen LogP contribution in [0.25, 0.3) is 0 Å². The van der Waals surface area contributed by atoms with E-state index in [2.05, 4.69) is 30.9 Å². The maximum atomic E-state index is 6.11. The molecule has 0 unspecified atom stereocenters. The molecule has 2 N–H and O–H groups in total. The van der Waals surface area contributed by atoms with E-state index in [-0.39, 0.29) is 11.6 Å². The van der Waals surface area contributed by atoms with Crippen LogP contribution in [-0.2, 0) is 10.3 Å². The van der Waals surface area contributed by atoms with Crippen LogP contribution in [0, 0.1) is 11.8 Å². The first kappa shape index (κ1) is 15.4. The molecule has 0 aromatic carbocycles. The highest BCUT2D eigenvalue weighted by Gasteiger charge is 2.40. The average Bonchev–Trinajstić information content (AvgIpc) is 2.89. The van der Waals surface area contributed by atoms with Gasteiger partial charge in [-0.05, 0) is 43.9 Å². The number of nitrogens with zero attached hydrogens (tertiary/aromatic N) is 2. The zero-order valence-electron chi connectivity index (χ0n) is 13.1. The largest absolute Gasteiger partial charge is 0.370 e. The Morgan fingerprint density at radius 1 is 1.40 bits per heavy atom. The van der Waals surface area contributed by atoms with Gasteiger partial charge in [0.2, 0.25) is 11.7 Å². The second-order valence-corrected chi connectivity index (χ2v) is 6.57. The number of rotatable bonds is 5. The standard InChI is InChI=1S/C15H27N3O2/c1-10(2)9-12(16)13-17-14(18-20-13)15(19-4)7-5-11(3)6-8-15/h10-12H,5-9,16H2,1-4H3/t11?,12-,15?/m0/s1. The highest BCUT2D eigenvalue weighted by Crippen LogP contribution is 2.41. The van der Waals surface area contributed by atoms with Crippen LogP contribution in [0.2, 0.25) is 0 Å². The molecule has 0 saturated heterocycles. The number of methoxy groups -OCH3 is 1. The number of aromatic nitrogens is 2. The molecule has 2 rings (SSSR count). The van der Waals surface area contributed by atoms with E-state index in [9.17, 15) is 0 Å². The Kier molecular flexibility index (Phi) is 4.81. The van der Waals surface area contributed by atoms with Crippen molar-refractivity contribution in [3.63, 3.8) is 0 Å². The van der Waals surface area contributed by atoms with Crippen molar-refractivity contribution in [2.75, 3.05) is 7.11 Å². The molecule has 5 nitrogen and oxygen atoms in total. The highest BCUT2D eigenvalue weighted by atomic mass is 16.5. The van der Waals surface area contributed by atoms with Crippen LogP contribution >= 0.6 is 0 Å². The summed E-state index contributed by atoms with van der Waals surface area (Å²) in [6, 6.07) is -0.187. The van der Waals surface area contributed by atoms with Crippen LogP contribution in [0.3, 0.4) is 0 Å². The molecule has 20 heavy (non-hydrogen) atoms. The van der Waals surface area contributed by atoms with Crippen LogP contribution in [0.4, 0.5) is 0 Å². The van der Waals surface area contributed by atoms with Gasteiger partial charge in [0, 0.05) is 7.11 Å². The molecule has 1 saturated carbocycles. The summed E-state index contributed by atoms with van der Waals surface area (Å²) in [6.07, 6.45) is 5.01. The molecule has 0 spiro atoms. The maximum absolute atomic E-state index is 6.11. The van der Waals surface area contributed by atoms with Crippen LogP contribution in [-0.4, -0.2) is 17.3 Å². The topological polar surface area (TPSA) is 74.2 Å². The maximum Gasteiger partial charge on any atom is 0.243 e. The second-order valence-electron chi connectivity index (χ2n) is 6.57. The quantitative estimate of drug-likeness (QED) is 0.897. The lowest BCUT2D eigenvalue weighted by Crippen LogP contribution is -2.34. The summed E-state index contributed by atoms with van der Waals surface area (Å²) in [5, 5.41) is 4.15. The lowest BCUT2D eigenvalue weighted by atomic mass is 9.79. The monoisotopic (exact) mass is 281 g/mol. The molecule has 1 aliphatic carbocycles. The van der Waals surface area contributed by atoms with Gasteiger partial charge < -0.3 is 15.0 Å². The zero-order chi connectivity index (χ0) is 14.8. The Morgan fingerprint density at radius 3 is 2.60 bits per heavy atom. The molecule has 5 heteroatoms. The van der Waals surface area contributed by atoms with E-state index in [0.29, 0.717) is 17.6 Å². The molecule has 114 valence electrons. The van der Waals surface area contributed by atoms with Gasteiger partial charge in [0.1, 0.15) is 5.60 Å². The van der Waals surface area contributed by atoms with Crippen molar-refractivity contribution in [1.82, 2.24) is 10.1 Å². The minimum absolute atomic E-state index is 0.187. The van der Waals surface area contributed by atoms with Gasteiger partial charge in [-0.2, -0.15) is 4.98 Å². The predicted octanol–water partition coefficient (Wildman–Crippen LogP) is 3.17. The molecule has 1 aromatic heterocycles. The van der Waals surface area contributed by atoms with E-state index in [0.717, 1.165) is 38.0 Å². The zero-order valence-corrected chi connectivity index (χ0v) is 13.1. The van der Waals surface area contributed by atoms with Gasteiger partial charge in [-0.1, -0.05) is 25.9 Å². The fourth-order valence-electron chi connectivity index (χ4n) is 2.93. The Hall–Kier alpha value is -0.940. The van der Waals surface area contributed by atoms with Crippen molar-refractivity contribution < 1.29 is 9.26 Å². The molecular weight excluding hydrogens is 254 g/mol. The fraction of sp³-hybridized carbons (Fsp3) is 0.867. The first-order valence-electron chi connectivity index (χ1n) is 7.61. The van der Waals surface area contributed by atoms with Gasteiger partial charge in [-0.25, -0.2) is 0 Å². The van der Waals surface area contributed by atoms with Gasteiger partial charge in [0.25, 0.3) is 0 Å². The molecule has 1 fully saturated rings. The van der Waals surface area contributed by atoms with Gasteiger partial charge in [-0.3, -0.25) is 0 Å². The second kappa shape index (κ2) is 6.22. The predicted molar refractivity (Wildman–Crippen MR) is 77.0 cm³/mol. The summed E-state index contributed by atoms with van der Waals surface area (Å²) in [5.74, 6) is 2.45. The van der Waals surface area contributed by atoms with Crippen molar-refractivity contribution >= 4 is 0 Å². The Balaban J connectivity index is 2.14. The normalized spacial score (nSPS) is 28.8. The van der Waals surface area contributed by atoms with Gasteiger partial charge in [0.05, 0.1) is 6.04 Å². The molecule has 1 aromatic rings. The summed E-state index contributed by atoms with van der Waals surface area (Å²) < 4.78 is 11.1. The van der Waals surface area contributed by atoms with Gasteiger partial charge in [0.15, 0.2) is 0 Å². The molecular formula is C15H27N3O2. The van der Waals surface area contributed by atoms with Crippen LogP contribution in [0.15, 0.2) is 4.52 Å². The van der Waals surface area contributed by atoms with E-state index >= 15 is 0 Å². The van der Waals surface area contributed by atoms with Gasteiger partial charge >= 0.3 is 0 Å². The fourth-order valence-corrected chi connectivity index (χ4v) is 2.93. The molecule has 0 bridgehead atoms. The summed E-state index contributed by atoms with van der Waals surface area (Å²) in [6.45, 7) is 6.55.